The first-order valence-corrected chi connectivity index (χ1v) is 3.46. The second-order valence-corrected chi connectivity index (χ2v) is 2.25. The number of amides is 1. The lowest BCUT2D eigenvalue weighted by Crippen LogP contribution is -1.92. The fourth-order valence-electron chi connectivity index (χ4n) is 0.984. The molecule has 1 amide bonds. The summed E-state index contributed by atoms with van der Waals surface area (Å²) in [5.41, 5.74) is 1.41. The van der Waals surface area contributed by atoms with E-state index in [0.717, 1.165) is 5.52 Å². The molecule has 0 aliphatic heterocycles. The lowest BCUT2D eigenvalue weighted by Gasteiger charge is -1.83. The third-order valence-corrected chi connectivity index (χ3v) is 1.48. The van der Waals surface area contributed by atoms with Gasteiger partial charge >= 0.3 is 6.01 Å². The Balaban J connectivity index is 2.54. The van der Waals surface area contributed by atoms with Crippen molar-refractivity contribution >= 4 is 23.5 Å². The number of oxazole rings is 1. The van der Waals surface area contributed by atoms with Crippen LogP contribution in [-0.4, -0.2) is 11.4 Å². The molecule has 0 aliphatic rings. The van der Waals surface area contributed by atoms with E-state index in [1.807, 2.05) is 18.2 Å². The van der Waals surface area contributed by atoms with E-state index in [1.165, 1.54) is 0 Å². The maximum absolute atomic E-state index is 10.0. The van der Waals surface area contributed by atoms with Crippen molar-refractivity contribution in [1.29, 1.82) is 0 Å². The molecule has 1 heterocycles. The number of benzene rings is 1. The summed E-state index contributed by atoms with van der Waals surface area (Å²) in [6.07, 6.45) is 0.532. The molecular weight excluding hydrogens is 156 g/mol. The Morgan fingerprint density at radius 1 is 1.42 bits per heavy atom. The topological polar surface area (TPSA) is 55.1 Å². The molecule has 1 aromatic carbocycles. The average molecular weight is 162 g/mol. The first-order valence-electron chi connectivity index (χ1n) is 3.46. The van der Waals surface area contributed by atoms with Gasteiger partial charge in [0.25, 0.3) is 0 Å². The van der Waals surface area contributed by atoms with E-state index in [9.17, 15) is 4.79 Å². The molecule has 0 radical (unpaired) electrons. The second kappa shape index (κ2) is 2.65. The molecule has 0 saturated heterocycles. The standard InChI is InChI=1S/C8H6N2O2/c11-5-9-8-10-6-3-1-2-4-7(6)12-8/h1-5H,(H,9,10,11). The Bertz CT molecular complexity index is 375. The zero-order valence-electron chi connectivity index (χ0n) is 6.15. The lowest BCUT2D eigenvalue weighted by molar-refractivity contribution is -0.105. The van der Waals surface area contributed by atoms with E-state index in [1.54, 1.807) is 6.07 Å². The molecule has 1 N–H and O–H groups in total. The van der Waals surface area contributed by atoms with Gasteiger partial charge < -0.3 is 4.42 Å². The van der Waals surface area contributed by atoms with Gasteiger partial charge in [0.05, 0.1) is 0 Å². The summed E-state index contributed by atoms with van der Waals surface area (Å²) in [5, 5.41) is 2.34. The molecule has 2 aromatic rings. The Kier molecular flexibility index (Phi) is 1.51. The zero-order valence-corrected chi connectivity index (χ0v) is 6.15. The van der Waals surface area contributed by atoms with Crippen molar-refractivity contribution in [2.45, 2.75) is 0 Å². The number of rotatable bonds is 2. The number of nitrogens with one attached hydrogen (secondary N) is 1. The smallest absolute Gasteiger partial charge is 0.302 e. The molecule has 0 atom stereocenters. The number of carbonyl (C=O) groups is 1. The van der Waals surface area contributed by atoms with Crippen molar-refractivity contribution in [3.05, 3.63) is 24.3 Å². The van der Waals surface area contributed by atoms with Crippen LogP contribution in [0.3, 0.4) is 0 Å². The summed E-state index contributed by atoms with van der Waals surface area (Å²) in [6.45, 7) is 0. The van der Waals surface area contributed by atoms with Gasteiger partial charge in [0, 0.05) is 0 Å². The monoisotopic (exact) mass is 162 g/mol. The van der Waals surface area contributed by atoms with E-state index in [0.29, 0.717) is 12.0 Å². The van der Waals surface area contributed by atoms with E-state index in [4.69, 9.17) is 4.42 Å². The number of aromatic nitrogens is 1. The number of hydrogen-bond acceptors (Lipinski definition) is 3. The third-order valence-electron chi connectivity index (χ3n) is 1.48. The highest BCUT2D eigenvalue weighted by Crippen LogP contribution is 2.16. The van der Waals surface area contributed by atoms with Gasteiger partial charge in [0.2, 0.25) is 6.41 Å². The predicted octanol–water partition coefficient (Wildman–Crippen LogP) is 1.40. The number of carbonyl (C=O) groups excluding carboxylic acids is 1. The van der Waals surface area contributed by atoms with Crippen molar-refractivity contribution < 1.29 is 9.21 Å². The summed E-state index contributed by atoms with van der Waals surface area (Å²) in [4.78, 5) is 14.0. The predicted molar refractivity (Wildman–Crippen MR) is 43.7 cm³/mol. The summed E-state index contributed by atoms with van der Waals surface area (Å²) in [6, 6.07) is 7.53. The molecule has 12 heavy (non-hydrogen) atoms. The van der Waals surface area contributed by atoms with Crippen LogP contribution in [0.1, 0.15) is 0 Å². The van der Waals surface area contributed by atoms with Crippen LogP contribution in [0, 0.1) is 0 Å². The zero-order chi connectivity index (χ0) is 8.39. The van der Waals surface area contributed by atoms with Crippen molar-refractivity contribution in [3.63, 3.8) is 0 Å². The largest absolute Gasteiger partial charge is 0.423 e. The quantitative estimate of drug-likeness (QED) is 0.679. The van der Waals surface area contributed by atoms with Crippen LogP contribution in [0.2, 0.25) is 0 Å². The van der Waals surface area contributed by atoms with Gasteiger partial charge in [-0.15, -0.1) is 0 Å². The minimum Gasteiger partial charge on any atom is -0.423 e. The van der Waals surface area contributed by atoms with E-state index < -0.39 is 0 Å². The lowest BCUT2D eigenvalue weighted by atomic mass is 10.3. The van der Waals surface area contributed by atoms with Gasteiger partial charge in [-0.25, -0.2) is 0 Å². The number of hydrogen-bond donors (Lipinski definition) is 1. The normalized spacial score (nSPS) is 10.0. The van der Waals surface area contributed by atoms with Crippen LogP contribution in [0.15, 0.2) is 28.7 Å². The van der Waals surface area contributed by atoms with E-state index in [-0.39, 0.29) is 6.01 Å². The summed E-state index contributed by atoms with van der Waals surface area (Å²) in [5.74, 6) is 0. The maximum Gasteiger partial charge on any atom is 0.302 e. The Labute approximate surface area is 68.2 Å². The highest BCUT2D eigenvalue weighted by Gasteiger charge is 2.01. The molecule has 0 aliphatic carbocycles. The fourth-order valence-corrected chi connectivity index (χ4v) is 0.984. The molecule has 0 unspecified atom stereocenters. The third kappa shape index (κ3) is 1.03. The second-order valence-electron chi connectivity index (χ2n) is 2.25. The first-order chi connectivity index (χ1) is 5.90. The first kappa shape index (κ1) is 6.84. The van der Waals surface area contributed by atoms with Crippen molar-refractivity contribution in [3.8, 4) is 0 Å². The van der Waals surface area contributed by atoms with Crippen LogP contribution in [0.25, 0.3) is 11.1 Å². The van der Waals surface area contributed by atoms with Crippen LogP contribution >= 0.6 is 0 Å². The fraction of sp³-hybridized carbons (Fsp3) is 0. The van der Waals surface area contributed by atoms with Crippen LogP contribution in [0.5, 0.6) is 0 Å². The minimum atomic E-state index is 0.228. The molecule has 1 aromatic heterocycles. The van der Waals surface area contributed by atoms with Gasteiger partial charge in [-0.2, -0.15) is 4.98 Å². The van der Waals surface area contributed by atoms with E-state index in [2.05, 4.69) is 10.3 Å². The van der Waals surface area contributed by atoms with Crippen LogP contribution < -0.4 is 5.32 Å². The minimum absolute atomic E-state index is 0.228. The maximum atomic E-state index is 10.0. The molecule has 0 fully saturated rings. The highest BCUT2D eigenvalue weighted by molar-refractivity contribution is 5.77. The summed E-state index contributed by atoms with van der Waals surface area (Å²) in [7, 11) is 0. The molecule has 4 nitrogen and oxygen atoms in total. The van der Waals surface area contributed by atoms with Gasteiger partial charge in [0.1, 0.15) is 5.52 Å². The molecule has 0 saturated carbocycles. The van der Waals surface area contributed by atoms with Gasteiger partial charge in [-0.05, 0) is 12.1 Å². The number of nitrogens with zero attached hydrogens (tertiary/aromatic N) is 1. The van der Waals surface area contributed by atoms with Gasteiger partial charge in [-0.3, -0.25) is 10.1 Å². The number of para-hydroxylation sites is 2. The molecule has 60 valence electrons. The molecule has 4 heteroatoms. The Morgan fingerprint density at radius 3 is 3.00 bits per heavy atom. The van der Waals surface area contributed by atoms with E-state index >= 15 is 0 Å². The molecule has 0 spiro atoms. The SMILES string of the molecule is O=CNc1nc2ccccc2o1. The van der Waals surface area contributed by atoms with Crippen molar-refractivity contribution in [2.75, 3.05) is 5.32 Å². The number of fused-ring (bicyclic) bond motifs is 1. The van der Waals surface area contributed by atoms with Gasteiger partial charge in [-0.1, -0.05) is 12.1 Å². The summed E-state index contributed by atoms with van der Waals surface area (Å²) >= 11 is 0. The van der Waals surface area contributed by atoms with Crippen molar-refractivity contribution in [1.82, 2.24) is 4.98 Å². The Hall–Kier alpha value is -1.84. The van der Waals surface area contributed by atoms with Crippen LogP contribution in [0.4, 0.5) is 6.01 Å². The molecular formula is C8H6N2O2. The van der Waals surface area contributed by atoms with Crippen LogP contribution in [-0.2, 0) is 4.79 Å². The van der Waals surface area contributed by atoms with Crippen molar-refractivity contribution in [2.24, 2.45) is 0 Å². The molecule has 2 rings (SSSR count). The Morgan fingerprint density at radius 2 is 2.25 bits per heavy atom. The highest BCUT2D eigenvalue weighted by atomic mass is 16.4. The average Bonchev–Trinajstić information content (AvgIpc) is 2.47. The molecule has 0 bridgehead atoms. The van der Waals surface area contributed by atoms with Gasteiger partial charge in [0.15, 0.2) is 5.58 Å². The number of anilines is 1. The summed E-state index contributed by atoms with van der Waals surface area (Å²) < 4.78 is 5.15.